The third-order valence-corrected chi connectivity index (χ3v) is 5.31. The van der Waals surface area contributed by atoms with Crippen molar-refractivity contribution >= 4 is 23.2 Å². The van der Waals surface area contributed by atoms with Crippen LogP contribution < -0.4 is 14.8 Å². The number of nitrogens with zero attached hydrogens (tertiary/aromatic N) is 2. The molecule has 1 aromatic carbocycles. The molecule has 8 heteroatoms. The third kappa shape index (κ3) is 5.71. The van der Waals surface area contributed by atoms with Crippen LogP contribution in [0.2, 0.25) is 0 Å². The highest BCUT2D eigenvalue weighted by atomic mass is 32.1. The molecule has 1 aliphatic heterocycles. The molecule has 1 aliphatic rings. The molecule has 0 saturated carbocycles. The highest BCUT2D eigenvalue weighted by Gasteiger charge is 2.21. The van der Waals surface area contributed by atoms with Crippen molar-refractivity contribution in [3.63, 3.8) is 0 Å². The van der Waals surface area contributed by atoms with Crippen LogP contribution in [0.4, 0.5) is 0 Å². The molecule has 3 rings (SSSR count). The molecule has 7 nitrogen and oxygen atoms in total. The predicted molar refractivity (Wildman–Crippen MR) is 108 cm³/mol. The Kier molecular flexibility index (Phi) is 7.27. The first kappa shape index (κ1) is 20.2. The highest BCUT2D eigenvalue weighted by molar-refractivity contribution is 7.08. The summed E-state index contributed by atoms with van der Waals surface area (Å²) >= 11 is 1.51. The molecule has 0 spiro atoms. The molecule has 28 heavy (non-hydrogen) atoms. The van der Waals surface area contributed by atoms with Crippen LogP contribution in [0, 0.1) is 0 Å². The molecule has 0 atom stereocenters. The quantitative estimate of drug-likeness (QED) is 0.727. The number of amides is 2. The number of thiophene rings is 1. The number of methoxy groups -OCH3 is 1. The van der Waals surface area contributed by atoms with Gasteiger partial charge in [0.05, 0.1) is 7.11 Å². The van der Waals surface area contributed by atoms with Gasteiger partial charge in [0, 0.05) is 56.3 Å². The van der Waals surface area contributed by atoms with Gasteiger partial charge in [-0.3, -0.25) is 14.5 Å². The van der Waals surface area contributed by atoms with Crippen molar-refractivity contribution < 1.29 is 19.1 Å². The second kappa shape index (κ2) is 10.1. The zero-order valence-corrected chi connectivity index (χ0v) is 16.7. The van der Waals surface area contributed by atoms with E-state index in [2.05, 4.69) is 10.2 Å². The molecule has 150 valence electrons. The standard InChI is InChI=1S/C20H25N3O4S/c1-26-17-3-2-4-18(13-17)27-14-19(24)23-10-8-22(9-11-23)7-6-21-20(25)16-5-12-28-15-16/h2-5,12-13,15H,6-11,14H2,1H3,(H,21,25). The van der Waals surface area contributed by atoms with Crippen molar-refractivity contribution in [3.05, 3.63) is 46.7 Å². The summed E-state index contributed by atoms with van der Waals surface area (Å²) < 4.78 is 10.7. The van der Waals surface area contributed by atoms with E-state index in [9.17, 15) is 9.59 Å². The fourth-order valence-electron chi connectivity index (χ4n) is 2.97. The summed E-state index contributed by atoms with van der Waals surface area (Å²) in [6.45, 7) is 4.31. The van der Waals surface area contributed by atoms with E-state index in [0.29, 0.717) is 36.7 Å². The van der Waals surface area contributed by atoms with Gasteiger partial charge in [0.1, 0.15) is 11.5 Å². The molecule has 2 aromatic rings. The summed E-state index contributed by atoms with van der Waals surface area (Å²) in [6, 6.07) is 9.04. The van der Waals surface area contributed by atoms with Crippen LogP contribution in [-0.4, -0.2) is 74.6 Å². The van der Waals surface area contributed by atoms with Crippen molar-refractivity contribution in [2.24, 2.45) is 0 Å². The number of hydrogen-bond donors (Lipinski definition) is 1. The second-order valence-corrected chi connectivity index (χ2v) is 7.24. The fraction of sp³-hybridized carbons (Fsp3) is 0.400. The highest BCUT2D eigenvalue weighted by Crippen LogP contribution is 2.18. The van der Waals surface area contributed by atoms with Gasteiger partial charge < -0.3 is 19.7 Å². The van der Waals surface area contributed by atoms with Crippen LogP contribution in [0.3, 0.4) is 0 Å². The lowest BCUT2D eigenvalue weighted by Crippen LogP contribution is -2.51. The number of ether oxygens (including phenoxy) is 2. The van der Waals surface area contributed by atoms with E-state index < -0.39 is 0 Å². The van der Waals surface area contributed by atoms with Crippen molar-refractivity contribution in [2.45, 2.75) is 0 Å². The number of carbonyl (C=O) groups excluding carboxylic acids is 2. The van der Waals surface area contributed by atoms with E-state index in [0.717, 1.165) is 19.6 Å². The van der Waals surface area contributed by atoms with Gasteiger partial charge in [-0.1, -0.05) is 6.07 Å². The van der Waals surface area contributed by atoms with Gasteiger partial charge in [-0.2, -0.15) is 11.3 Å². The van der Waals surface area contributed by atoms with Crippen molar-refractivity contribution in [2.75, 3.05) is 53.0 Å². The Morgan fingerprint density at radius 2 is 1.93 bits per heavy atom. The predicted octanol–water partition coefficient (Wildman–Crippen LogP) is 1.71. The Bertz CT molecular complexity index is 774. The van der Waals surface area contributed by atoms with Gasteiger partial charge in [-0.25, -0.2) is 0 Å². The molecule has 2 heterocycles. The summed E-state index contributed by atoms with van der Waals surface area (Å²) in [4.78, 5) is 28.4. The Morgan fingerprint density at radius 3 is 2.64 bits per heavy atom. The smallest absolute Gasteiger partial charge is 0.260 e. The van der Waals surface area contributed by atoms with Gasteiger partial charge in [0.15, 0.2) is 6.61 Å². The lowest BCUT2D eigenvalue weighted by molar-refractivity contribution is -0.135. The SMILES string of the molecule is COc1cccc(OCC(=O)N2CCN(CCNC(=O)c3ccsc3)CC2)c1. The van der Waals surface area contributed by atoms with E-state index in [-0.39, 0.29) is 18.4 Å². The summed E-state index contributed by atoms with van der Waals surface area (Å²) in [5, 5.41) is 6.66. The zero-order chi connectivity index (χ0) is 19.8. The Morgan fingerprint density at radius 1 is 1.14 bits per heavy atom. The molecule has 1 aromatic heterocycles. The normalized spacial score (nSPS) is 14.5. The van der Waals surface area contributed by atoms with E-state index >= 15 is 0 Å². The lowest BCUT2D eigenvalue weighted by Gasteiger charge is -2.34. The Balaban J connectivity index is 1.34. The minimum atomic E-state index is -0.0373. The van der Waals surface area contributed by atoms with E-state index in [1.165, 1.54) is 11.3 Å². The summed E-state index contributed by atoms with van der Waals surface area (Å²) in [5.41, 5.74) is 0.705. The van der Waals surface area contributed by atoms with E-state index in [1.54, 1.807) is 19.2 Å². The number of piperazine rings is 1. The first-order chi connectivity index (χ1) is 13.7. The van der Waals surface area contributed by atoms with Gasteiger partial charge in [-0.15, -0.1) is 0 Å². The monoisotopic (exact) mass is 403 g/mol. The largest absolute Gasteiger partial charge is 0.497 e. The third-order valence-electron chi connectivity index (χ3n) is 4.63. The molecular weight excluding hydrogens is 378 g/mol. The first-order valence-electron chi connectivity index (χ1n) is 9.23. The maximum atomic E-state index is 12.4. The molecule has 1 saturated heterocycles. The number of benzene rings is 1. The average Bonchev–Trinajstić information content (AvgIpc) is 3.27. The van der Waals surface area contributed by atoms with Gasteiger partial charge in [0.25, 0.3) is 11.8 Å². The van der Waals surface area contributed by atoms with Crippen LogP contribution in [0.5, 0.6) is 11.5 Å². The van der Waals surface area contributed by atoms with Gasteiger partial charge in [0.2, 0.25) is 0 Å². The molecule has 2 amide bonds. The van der Waals surface area contributed by atoms with Crippen LogP contribution >= 0.6 is 11.3 Å². The summed E-state index contributed by atoms with van der Waals surface area (Å²) in [5.74, 6) is 1.26. The molecule has 1 fully saturated rings. The van der Waals surface area contributed by atoms with Gasteiger partial charge in [-0.05, 0) is 23.6 Å². The average molecular weight is 404 g/mol. The van der Waals surface area contributed by atoms with Crippen molar-refractivity contribution in [3.8, 4) is 11.5 Å². The number of nitrogens with one attached hydrogen (secondary N) is 1. The van der Waals surface area contributed by atoms with E-state index in [1.807, 2.05) is 33.9 Å². The number of rotatable bonds is 8. The maximum absolute atomic E-state index is 12.4. The minimum Gasteiger partial charge on any atom is -0.497 e. The second-order valence-electron chi connectivity index (χ2n) is 6.46. The van der Waals surface area contributed by atoms with Gasteiger partial charge >= 0.3 is 0 Å². The molecule has 1 N–H and O–H groups in total. The molecular formula is C20H25N3O4S. The number of hydrogen-bond acceptors (Lipinski definition) is 6. The molecule has 0 radical (unpaired) electrons. The zero-order valence-electron chi connectivity index (χ0n) is 15.9. The fourth-order valence-corrected chi connectivity index (χ4v) is 3.61. The number of carbonyl (C=O) groups is 2. The Hall–Kier alpha value is -2.58. The van der Waals surface area contributed by atoms with Crippen LogP contribution in [0.15, 0.2) is 41.1 Å². The van der Waals surface area contributed by atoms with E-state index in [4.69, 9.17) is 9.47 Å². The molecule has 0 unspecified atom stereocenters. The van der Waals surface area contributed by atoms with Crippen LogP contribution in [0.1, 0.15) is 10.4 Å². The van der Waals surface area contributed by atoms with Crippen LogP contribution in [-0.2, 0) is 4.79 Å². The molecule has 0 bridgehead atoms. The van der Waals surface area contributed by atoms with Crippen molar-refractivity contribution in [1.29, 1.82) is 0 Å². The molecule has 0 aliphatic carbocycles. The summed E-state index contributed by atoms with van der Waals surface area (Å²) in [7, 11) is 1.59. The first-order valence-corrected chi connectivity index (χ1v) is 10.2. The topological polar surface area (TPSA) is 71.1 Å². The lowest BCUT2D eigenvalue weighted by atomic mass is 10.3. The Labute approximate surface area is 168 Å². The van der Waals surface area contributed by atoms with Crippen molar-refractivity contribution in [1.82, 2.24) is 15.1 Å². The minimum absolute atomic E-state index is 0.0177. The van der Waals surface area contributed by atoms with Crippen LogP contribution in [0.25, 0.3) is 0 Å². The summed E-state index contributed by atoms with van der Waals surface area (Å²) in [6.07, 6.45) is 0. The maximum Gasteiger partial charge on any atom is 0.260 e.